The van der Waals surface area contributed by atoms with Crippen molar-refractivity contribution in [2.45, 2.75) is 6.43 Å². The molecular formula is C7H5F3N2O2. The fraction of sp³-hybridized carbons (Fsp3) is 0.143. The van der Waals surface area contributed by atoms with E-state index in [1.165, 1.54) is 0 Å². The fourth-order valence-electron chi connectivity index (χ4n) is 0.824. The molecule has 0 aliphatic heterocycles. The predicted molar refractivity (Wildman–Crippen MR) is 40.8 cm³/mol. The number of nitrogens with zero attached hydrogens (tertiary/aromatic N) is 1. The maximum absolute atomic E-state index is 13.0. The van der Waals surface area contributed by atoms with Crippen LogP contribution in [0.1, 0.15) is 12.1 Å². The molecule has 1 rings (SSSR count). The largest absolute Gasteiger partial charge is 0.465 e. The van der Waals surface area contributed by atoms with Gasteiger partial charge in [-0.15, -0.1) is 0 Å². The molecule has 0 aliphatic rings. The summed E-state index contributed by atoms with van der Waals surface area (Å²) in [5.41, 5.74) is -1.61. The molecule has 1 aromatic rings. The van der Waals surface area contributed by atoms with E-state index in [9.17, 15) is 18.0 Å². The van der Waals surface area contributed by atoms with Crippen LogP contribution in [0.5, 0.6) is 0 Å². The second-order valence-corrected chi connectivity index (χ2v) is 2.29. The van der Waals surface area contributed by atoms with Crippen molar-refractivity contribution in [1.29, 1.82) is 0 Å². The van der Waals surface area contributed by atoms with E-state index >= 15 is 0 Å². The average molecular weight is 206 g/mol. The van der Waals surface area contributed by atoms with Gasteiger partial charge in [0.2, 0.25) is 0 Å². The zero-order chi connectivity index (χ0) is 10.7. The molecule has 0 atom stereocenters. The van der Waals surface area contributed by atoms with Gasteiger partial charge in [-0.1, -0.05) is 0 Å². The number of aromatic nitrogens is 1. The van der Waals surface area contributed by atoms with Crippen LogP contribution < -0.4 is 5.32 Å². The van der Waals surface area contributed by atoms with Crippen molar-refractivity contribution < 1.29 is 23.1 Å². The molecule has 0 bridgehead atoms. The quantitative estimate of drug-likeness (QED) is 0.779. The van der Waals surface area contributed by atoms with Gasteiger partial charge in [0.25, 0.3) is 6.43 Å². The van der Waals surface area contributed by atoms with Gasteiger partial charge in [0.15, 0.2) is 5.82 Å². The first-order chi connectivity index (χ1) is 6.52. The maximum atomic E-state index is 13.0. The van der Waals surface area contributed by atoms with Crippen LogP contribution in [0.2, 0.25) is 0 Å². The molecule has 0 aliphatic carbocycles. The number of carboxylic acid groups (broad SMARTS) is 1. The molecule has 0 saturated heterocycles. The summed E-state index contributed by atoms with van der Waals surface area (Å²) in [6, 6.07) is 0.954. The van der Waals surface area contributed by atoms with Crippen LogP contribution >= 0.6 is 0 Å². The highest BCUT2D eigenvalue weighted by molar-refractivity contribution is 5.82. The summed E-state index contributed by atoms with van der Waals surface area (Å²) in [6.45, 7) is 0. The third-order valence-electron chi connectivity index (χ3n) is 1.36. The number of rotatable bonds is 2. The summed E-state index contributed by atoms with van der Waals surface area (Å²) in [6.07, 6.45) is -3.71. The van der Waals surface area contributed by atoms with Gasteiger partial charge in [-0.2, -0.15) is 0 Å². The van der Waals surface area contributed by atoms with Crippen molar-refractivity contribution >= 4 is 11.8 Å². The van der Waals surface area contributed by atoms with Gasteiger partial charge in [0.1, 0.15) is 5.69 Å². The molecule has 0 fully saturated rings. The molecular weight excluding hydrogens is 201 g/mol. The lowest BCUT2D eigenvalue weighted by Crippen LogP contribution is -2.10. The molecule has 2 N–H and O–H groups in total. The Balaban J connectivity index is 3.07. The molecule has 1 heterocycles. The van der Waals surface area contributed by atoms with Gasteiger partial charge in [-0.25, -0.2) is 18.0 Å². The number of halogens is 3. The first-order valence-corrected chi connectivity index (χ1v) is 3.45. The van der Waals surface area contributed by atoms with Gasteiger partial charge in [-0.05, 0) is 6.07 Å². The predicted octanol–water partition coefficient (Wildman–Crippen LogP) is 2.25. The Morgan fingerprint density at radius 2 is 2.21 bits per heavy atom. The van der Waals surface area contributed by atoms with Crippen LogP contribution in [-0.4, -0.2) is 16.2 Å². The number of hydrogen-bond donors (Lipinski definition) is 2. The van der Waals surface area contributed by atoms with E-state index in [0.717, 1.165) is 12.3 Å². The minimum absolute atomic E-state index is 0.539. The SMILES string of the molecule is O=C(O)Nc1ccnc(C(F)F)c1F. The highest BCUT2D eigenvalue weighted by Gasteiger charge is 2.18. The molecule has 76 valence electrons. The lowest BCUT2D eigenvalue weighted by molar-refractivity contribution is 0.140. The summed E-state index contributed by atoms with van der Waals surface area (Å²) in [5, 5.41) is 9.87. The average Bonchev–Trinajstić information content (AvgIpc) is 2.07. The minimum atomic E-state index is -3.08. The lowest BCUT2D eigenvalue weighted by Gasteiger charge is -2.05. The van der Waals surface area contributed by atoms with Crippen LogP contribution in [0.4, 0.5) is 23.7 Å². The van der Waals surface area contributed by atoms with Crippen LogP contribution in [0.3, 0.4) is 0 Å². The van der Waals surface area contributed by atoms with Gasteiger partial charge in [0, 0.05) is 6.20 Å². The fourth-order valence-corrected chi connectivity index (χ4v) is 0.824. The normalized spacial score (nSPS) is 10.3. The molecule has 0 radical (unpaired) electrons. The Morgan fingerprint density at radius 1 is 1.57 bits per heavy atom. The van der Waals surface area contributed by atoms with Gasteiger partial charge in [0.05, 0.1) is 5.69 Å². The third-order valence-corrected chi connectivity index (χ3v) is 1.36. The molecule has 14 heavy (non-hydrogen) atoms. The highest BCUT2D eigenvalue weighted by Crippen LogP contribution is 2.24. The number of hydrogen-bond acceptors (Lipinski definition) is 2. The number of amides is 1. The van der Waals surface area contributed by atoms with Gasteiger partial charge < -0.3 is 5.11 Å². The molecule has 7 heteroatoms. The van der Waals surface area contributed by atoms with Crippen LogP contribution in [-0.2, 0) is 0 Å². The summed E-state index contributed by atoms with van der Waals surface area (Å²) in [7, 11) is 0. The zero-order valence-electron chi connectivity index (χ0n) is 6.67. The van der Waals surface area contributed by atoms with Gasteiger partial charge in [-0.3, -0.25) is 10.3 Å². The van der Waals surface area contributed by atoms with Crippen LogP contribution in [0.15, 0.2) is 12.3 Å². The van der Waals surface area contributed by atoms with Crippen molar-refractivity contribution in [2.75, 3.05) is 5.32 Å². The Bertz CT molecular complexity index is 357. The Hall–Kier alpha value is -1.79. The number of anilines is 1. The number of carbonyl (C=O) groups is 1. The second-order valence-electron chi connectivity index (χ2n) is 2.29. The number of nitrogens with one attached hydrogen (secondary N) is 1. The standard InChI is InChI=1S/C7H5F3N2O2/c8-4-3(12-7(13)14)1-2-11-5(4)6(9)10/h1-2,6H,(H,11,12)(H,13,14). The molecule has 0 aromatic carbocycles. The van der Waals surface area contributed by atoms with E-state index in [2.05, 4.69) is 4.98 Å². The first-order valence-electron chi connectivity index (χ1n) is 3.45. The minimum Gasteiger partial charge on any atom is -0.465 e. The van der Waals surface area contributed by atoms with Crippen molar-refractivity contribution in [3.8, 4) is 0 Å². The van der Waals surface area contributed by atoms with E-state index in [1.807, 2.05) is 0 Å². The Labute approximate surface area is 76.4 Å². The molecule has 0 unspecified atom stereocenters. The van der Waals surface area contributed by atoms with E-state index in [-0.39, 0.29) is 0 Å². The summed E-state index contributed by atoms with van der Waals surface area (Å²) in [5.74, 6) is -1.36. The second kappa shape index (κ2) is 3.95. The summed E-state index contributed by atoms with van der Waals surface area (Å²) >= 11 is 0. The molecule has 0 saturated carbocycles. The highest BCUT2D eigenvalue weighted by atomic mass is 19.3. The van der Waals surface area contributed by atoms with E-state index in [0.29, 0.717) is 0 Å². The van der Waals surface area contributed by atoms with Crippen molar-refractivity contribution in [2.24, 2.45) is 0 Å². The Morgan fingerprint density at radius 3 is 2.71 bits per heavy atom. The summed E-state index contributed by atoms with van der Waals surface area (Å²) in [4.78, 5) is 13.2. The smallest absolute Gasteiger partial charge is 0.409 e. The van der Waals surface area contributed by atoms with E-state index in [4.69, 9.17) is 5.11 Å². The van der Waals surface area contributed by atoms with E-state index in [1.54, 1.807) is 5.32 Å². The summed E-state index contributed by atoms with van der Waals surface area (Å²) < 4.78 is 37.2. The molecule has 0 spiro atoms. The first kappa shape index (κ1) is 10.3. The van der Waals surface area contributed by atoms with Crippen molar-refractivity contribution in [1.82, 2.24) is 4.98 Å². The molecule has 4 nitrogen and oxygen atoms in total. The Kier molecular flexibility index (Phi) is 2.90. The van der Waals surface area contributed by atoms with Crippen LogP contribution in [0, 0.1) is 5.82 Å². The van der Waals surface area contributed by atoms with Crippen LogP contribution in [0.25, 0.3) is 0 Å². The number of alkyl halides is 2. The third kappa shape index (κ3) is 2.12. The topological polar surface area (TPSA) is 62.2 Å². The van der Waals surface area contributed by atoms with Crippen molar-refractivity contribution in [3.63, 3.8) is 0 Å². The van der Waals surface area contributed by atoms with Crippen molar-refractivity contribution in [3.05, 3.63) is 23.8 Å². The van der Waals surface area contributed by atoms with E-state index < -0.39 is 29.7 Å². The zero-order valence-corrected chi connectivity index (χ0v) is 6.67. The monoisotopic (exact) mass is 206 g/mol. The number of pyridine rings is 1. The molecule has 1 aromatic heterocycles. The maximum Gasteiger partial charge on any atom is 0.409 e. The van der Waals surface area contributed by atoms with Gasteiger partial charge >= 0.3 is 6.09 Å². The molecule has 1 amide bonds. The lowest BCUT2D eigenvalue weighted by atomic mass is 10.3.